The zero-order valence-corrected chi connectivity index (χ0v) is 18.2. The second kappa shape index (κ2) is 8.18. The molecule has 0 fully saturated rings. The minimum absolute atomic E-state index is 0.0824. The lowest BCUT2D eigenvalue weighted by molar-refractivity contribution is 0.318. The predicted molar refractivity (Wildman–Crippen MR) is 123 cm³/mol. The van der Waals surface area contributed by atoms with Gasteiger partial charge in [-0.05, 0) is 44.5 Å². The summed E-state index contributed by atoms with van der Waals surface area (Å²) < 4.78 is 7.98. The quantitative estimate of drug-likeness (QED) is 0.190. The van der Waals surface area contributed by atoms with Gasteiger partial charge in [0.25, 0.3) is 0 Å². The van der Waals surface area contributed by atoms with Crippen molar-refractivity contribution in [3.8, 4) is 11.3 Å². The van der Waals surface area contributed by atoms with E-state index in [9.17, 15) is 4.79 Å². The fourth-order valence-corrected chi connectivity index (χ4v) is 3.79. The summed E-state index contributed by atoms with van der Waals surface area (Å²) in [4.78, 5) is 17.4. The number of aromatic nitrogens is 3. The van der Waals surface area contributed by atoms with Crippen molar-refractivity contribution < 1.29 is 9.62 Å². The van der Waals surface area contributed by atoms with Crippen molar-refractivity contribution >= 4 is 22.5 Å². The highest BCUT2D eigenvalue weighted by molar-refractivity contribution is 6.00. The molecule has 9 nitrogen and oxygen atoms in total. The molecule has 4 aromatic rings. The number of nitrogens with one attached hydrogen (secondary N) is 1. The molecule has 0 amide bonds. The molecule has 1 unspecified atom stereocenters. The van der Waals surface area contributed by atoms with E-state index in [-0.39, 0.29) is 17.3 Å². The first-order valence-corrected chi connectivity index (χ1v) is 10.1. The van der Waals surface area contributed by atoms with Crippen LogP contribution in [0.1, 0.15) is 35.3 Å². The Morgan fingerprint density at radius 1 is 1.34 bits per heavy atom. The average Bonchev–Trinajstić information content (AvgIpc) is 3.21. The van der Waals surface area contributed by atoms with Crippen LogP contribution < -0.4 is 16.5 Å². The van der Waals surface area contributed by atoms with Gasteiger partial charge in [-0.1, -0.05) is 11.2 Å². The van der Waals surface area contributed by atoms with Crippen LogP contribution in [0.25, 0.3) is 22.3 Å². The highest BCUT2D eigenvalue weighted by Gasteiger charge is 2.20. The number of aryl methyl sites for hydroxylation is 2. The number of rotatable bonds is 5. The molecule has 0 aliphatic heterocycles. The molecule has 0 saturated heterocycles. The van der Waals surface area contributed by atoms with E-state index in [1.54, 1.807) is 36.1 Å². The lowest BCUT2D eigenvalue weighted by Crippen LogP contribution is -2.19. The van der Waals surface area contributed by atoms with Gasteiger partial charge < -0.3 is 20.7 Å². The molecule has 4 rings (SSSR count). The average molecular weight is 432 g/mol. The van der Waals surface area contributed by atoms with E-state index in [1.807, 2.05) is 39.2 Å². The lowest BCUT2D eigenvalue weighted by atomic mass is 9.99. The standard InChI is InChI=1S/C23H24N6O3/c1-12-8-16(14(3)27-18-6-5-7-25-19(18)23(24)28-31)22-17(9-12)20(30)13(2)21(32-22)15-10-26-29(4)11-15/h5-11,14,27,31H,1-4H3,(H2,24,28). The van der Waals surface area contributed by atoms with Gasteiger partial charge in [-0.2, -0.15) is 5.10 Å². The number of nitrogens with two attached hydrogens (primary N) is 1. The van der Waals surface area contributed by atoms with Crippen molar-refractivity contribution in [2.45, 2.75) is 26.8 Å². The number of hydrogen-bond acceptors (Lipinski definition) is 7. The first-order valence-electron chi connectivity index (χ1n) is 10.1. The summed E-state index contributed by atoms with van der Waals surface area (Å²) in [5.74, 6) is 0.391. The van der Waals surface area contributed by atoms with Gasteiger partial charge in [-0.25, -0.2) is 0 Å². The SMILES string of the molecule is Cc1cc(C(C)Nc2cccnc2C(N)=NO)c2oc(-c3cnn(C)c3)c(C)c(=O)c2c1. The molecule has 0 bridgehead atoms. The van der Waals surface area contributed by atoms with Crippen molar-refractivity contribution in [1.29, 1.82) is 0 Å². The minimum Gasteiger partial charge on any atom is -0.455 e. The number of hydrogen-bond donors (Lipinski definition) is 3. The Balaban J connectivity index is 1.88. The Morgan fingerprint density at radius 2 is 2.12 bits per heavy atom. The summed E-state index contributed by atoms with van der Waals surface area (Å²) in [6.07, 6.45) is 5.05. The fraction of sp³-hybridized carbons (Fsp3) is 0.217. The van der Waals surface area contributed by atoms with E-state index in [4.69, 9.17) is 15.4 Å². The van der Waals surface area contributed by atoms with Gasteiger partial charge in [0.2, 0.25) is 0 Å². The van der Waals surface area contributed by atoms with Gasteiger partial charge in [0.1, 0.15) is 17.0 Å². The van der Waals surface area contributed by atoms with Crippen LogP contribution in [0.5, 0.6) is 0 Å². The highest BCUT2D eigenvalue weighted by Crippen LogP contribution is 2.32. The van der Waals surface area contributed by atoms with E-state index < -0.39 is 0 Å². The first-order chi connectivity index (χ1) is 15.3. The normalized spacial score (nSPS) is 12.8. The van der Waals surface area contributed by atoms with Gasteiger partial charge in [-0.15, -0.1) is 0 Å². The van der Waals surface area contributed by atoms with Gasteiger partial charge in [0, 0.05) is 30.6 Å². The van der Waals surface area contributed by atoms with Gasteiger partial charge >= 0.3 is 0 Å². The minimum atomic E-state index is -0.278. The summed E-state index contributed by atoms with van der Waals surface area (Å²) >= 11 is 0. The maximum atomic E-state index is 13.2. The molecule has 32 heavy (non-hydrogen) atoms. The number of nitrogens with zero attached hydrogens (tertiary/aromatic N) is 4. The van der Waals surface area contributed by atoms with Crippen LogP contribution in [0, 0.1) is 13.8 Å². The molecule has 0 saturated carbocycles. The summed E-state index contributed by atoms with van der Waals surface area (Å²) in [5, 5.41) is 20.2. The number of pyridine rings is 1. The lowest BCUT2D eigenvalue weighted by Gasteiger charge is -2.19. The molecule has 9 heteroatoms. The van der Waals surface area contributed by atoms with Crippen LogP contribution in [0.4, 0.5) is 5.69 Å². The van der Waals surface area contributed by atoms with E-state index in [1.165, 1.54) is 0 Å². The van der Waals surface area contributed by atoms with E-state index in [2.05, 4.69) is 20.6 Å². The van der Waals surface area contributed by atoms with Crippen molar-refractivity contribution in [3.63, 3.8) is 0 Å². The third-order valence-corrected chi connectivity index (χ3v) is 5.36. The molecular formula is C23H24N6O3. The Bertz CT molecular complexity index is 1400. The van der Waals surface area contributed by atoms with Gasteiger partial charge in [-0.3, -0.25) is 14.5 Å². The van der Waals surface area contributed by atoms with Crippen LogP contribution in [-0.2, 0) is 7.05 Å². The molecule has 0 aliphatic carbocycles. The molecule has 164 valence electrons. The zero-order valence-electron chi connectivity index (χ0n) is 18.2. The maximum Gasteiger partial charge on any atom is 0.196 e. The molecule has 1 atom stereocenters. The third kappa shape index (κ3) is 3.68. The van der Waals surface area contributed by atoms with Crippen molar-refractivity contribution in [2.24, 2.45) is 17.9 Å². The predicted octanol–water partition coefficient (Wildman–Crippen LogP) is 3.47. The monoisotopic (exact) mass is 432 g/mol. The largest absolute Gasteiger partial charge is 0.455 e. The van der Waals surface area contributed by atoms with Crippen LogP contribution in [-0.4, -0.2) is 25.8 Å². The molecule has 4 N–H and O–H groups in total. The maximum absolute atomic E-state index is 13.2. The number of oxime groups is 1. The van der Waals surface area contributed by atoms with Gasteiger partial charge in [0.05, 0.1) is 28.9 Å². The van der Waals surface area contributed by atoms with Crippen molar-refractivity contribution in [3.05, 3.63) is 75.5 Å². The van der Waals surface area contributed by atoms with Gasteiger partial charge in [0.15, 0.2) is 11.3 Å². The molecule has 3 heterocycles. The van der Waals surface area contributed by atoms with E-state index in [0.29, 0.717) is 33.7 Å². The zero-order chi connectivity index (χ0) is 23.0. The van der Waals surface area contributed by atoms with E-state index in [0.717, 1.165) is 16.7 Å². The second-order valence-electron chi connectivity index (χ2n) is 7.77. The Labute approximate surface area is 184 Å². The summed E-state index contributed by atoms with van der Waals surface area (Å²) in [6.45, 7) is 5.64. The molecule has 3 aromatic heterocycles. The number of anilines is 1. The van der Waals surface area contributed by atoms with E-state index >= 15 is 0 Å². The van der Waals surface area contributed by atoms with Crippen LogP contribution >= 0.6 is 0 Å². The van der Waals surface area contributed by atoms with Crippen LogP contribution in [0.15, 0.2) is 57.2 Å². The van der Waals surface area contributed by atoms with Crippen LogP contribution in [0.3, 0.4) is 0 Å². The van der Waals surface area contributed by atoms with Crippen molar-refractivity contribution in [2.75, 3.05) is 5.32 Å². The second-order valence-corrected chi connectivity index (χ2v) is 7.77. The van der Waals surface area contributed by atoms with Crippen molar-refractivity contribution in [1.82, 2.24) is 14.8 Å². The molecule has 0 spiro atoms. The summed E-state index contributed by atoms with van der Waals surface area (Å²) in [5.41, 5.74) is 10.1. The number of benzene rings is 1. The number of fused-ring (bicyclic) bond motifs is 1. The molecule has 1 aromatic carbocycles. The van der Waals surface area contributed by atoms with Crippen LogP contribution in [0.2, 0.25) is 0 Å². The Morgan fingerprint density at radius 3 is 2.81 bits per heavy atom. The Hall–Kier alpha value is -4.14. The fourth-order valence-electron chi connectivity index (χ4n) is 3.79. The summed E-state index contributed by atoms with van der Waals surface area (Å²) in [7, 11) is 1.81. The molecule has 0 radical (unpaired) electrons. The topological polar surface area (TPSA) is 132 Å². The molecule has 0 aliphatic rings. The smallest absolute Gasteiger partial charge is 0.196 e. The Kier molecular flexibility index (Phi) is 5.40. The molecular weight excluding hydrogens is 408 g/mol. The number of amidine groups is 1. The first kappa shape index (κ1) is 21.1. The summed E-state index contributed by atoms with van der Waals surface area (Å²) in [6, 6.07) is 7.07. The third-order valence-electron chi connectivity index (χ3n) is 5.36. The highest BCUT2D eigenvalue weighted by atomic mass is 16.4.